The van der Waals surface area contributed by atoms with Gasteiger partial charge in [-0.2, -0.15) is 4.73 Å². The van der Waals surface area contributed by atoms with E-state index in [1.165, 1.54) is 6.20 Å². The second-order valence-corrected chi connectivity index (χ2v) is 8.01. The molecule has 0 spiro atoms. The van der Waals surface area contributed by atoms with Crippen LogP contribution in [0.1, 0.15) is 48.8 Å². The van der Waals surface area contributed by atoms with Gasteiger partial charge >= 0.3 is 0 Å². The molecule has 4 rings (SSSR count). The lowest BCUT2D eigenvalue weighted by Gasteiger charge is -2.12. The number of hydrogen-bond donors (Lipinski definition) is 4. The number of carbonyl (C=O) groups is 1. The van der Waals surface area contributed by atoms with Crippen LogP contribution in [0.3, 0.4) is 0 Å². The molecule has 4 aromatic rings. The number of unbranched alkanes of at least 4 members (excludes halogenated alkanes) is 2. The second-order valence-electron chi connectivity index (χ2n) is 8.01. The molecule has 0 fully saturated rings. The highest BCUT2D eigenvalue weighted by molar-refractivity contribution is 6.06. The summed E-state index contributed by atoms with van der Waals surface area (Å²) < 4.78 is 1.82. The van der Waals surface area contributed by atoms with Gasteiger partial charge in [-0.25, -0.2) is 20.8 Å². The number of aromatic nitrogens is 4. The first-order chi connectivity index (χ1) is 16.6. The van der Waals surface area contributed by atoms with Gasteiger partial charge in [0, 0.05) is 24.5 Å². The highest BCUT2D eigenvalue weighted by atomic mass is 16.7. The van der Waals surface area contributed by atoms with Gasteiger partial charge in [-0.05, 0) is 37.5 Å². The lowest BCUT2D eigenvalue weighted by molar-refractivity contribution is 0.0943. The van der Waals surface area contributed by atoms with E-state index in [9.17, 15) is 4.79 Å². The summed E-state index contributed by atoms with van der Waals surface area (Å²) in [6, 6.07) is 11.2. The number of para-hydroxylation sites is 1. The molecular weight excluding hydrogens is 432 g/mol. The van der Waals surface area contributed by atoms with E-state index in [-0.39, 0.29) is 5.91 Å². The summed E-state index contributed by atoms with van der Waals surface area (Å²) in [7, 11) is 0. The summed E-state index contributed by atoms with van der Waals surface area (Å²) in [5.41, 5.74) is 11.5. The zero-order valence-corrected chi connectivity index (χ0v) is 19.3. The van der Waals surface area contributed by atoms with Gasteiger partial charge in [-0.1, -0.05) is 31.5 Å². The van der Waals surface area contributed by atoms with Crippen molar-refractivity contribution in [3.63, 3.8) is 0 Å². The molecule has 0 aliphatic carbocycles. The molecular formula is C24H30N8O2. The number of nitrogens with zero attached hydrogens (tertiary/aromatic N) is 4. The minimum absolute atomic E-state index is 0.172. The van der Waals surface area contributed by atoms with Crippen molar-refractivity contribution in [3.05, 3.63) is 54.0 Å². The van der Waals surface area contributed by atoms with Crippen LogP contribution >= 0.6 is 0 Å². The van der Waals surface area contributed by atoms with E-state index in [4.69, 9.17) is 21.4 Å². The predicted octanol–water partition coefficient (Wildman–Crippen LogP) is 2.83. The molecule has 6 N–H and O–H groups in total. The molecule has 0 aliphatic heterocycles. The molecule has 3 aromatic heterocycles. The maximum Gasteiger partial charge on any atom is 0.252 e. The standard InChI is InChI=1S/C24H30N8O2/c1-2-3-10-20-30-21-22(17-8-4-5-9-18(17)29-23(21)25)32(20)34-14-7-6-13-27-24(33)16-11-12-19(31-26)28-15-16/h4-5,8-9,11-12,15H,2-3,6-7,10,13-14,26H2,1H3,(H2,25,29)(H,27,33)(H,28,31). The van der Waals surface area contributed by atoms with Crippen molar-refractivity contribution in [3.8, 4) is 0 Å². The summed E-state index contributed by atoms with van der Waals surface area (Å²) in [4.78, 5) is 31.8. The fourth-order valence-corrected chi connectivity index (χ4v) is 3.75. The van der Waals surface area contributed by atoms with Crippen molar-refractivity contribution in [1.29, 1.82) is 0 Å². The topological polar surface area (TPSA) is 146 Å². The molecule has 1 aromatic carbocycles. The summed E-state index contributed by atoms with van der Waals surface area (Å²) in [6.45, 7) is 3.16. The van der Waals surface area contributed by atoms with Crippen LogP contribution < -0.4 is 27.2 Å². The molecule has 0 atom stereocenters. The van der Waals surface area contributed by atoms with Crippen molar-refractivity contribution in [1.82, 2.24) is 25.0 Å². The molecule has 10 heteroatoms. The minimum atomic E-state index is -0.172. The van der Waals surface area contributed by atoms with Gasteiger partial charge in [0.25, 0.3) is 5.91 Å². The molecule has 10 nitrogen and oxygen atoms in total. The second kappa shape index (κ2) is 10.8. The Balaban J connectivity index is 1.40. The highest BCUT2D eigenvalue weighted by Gasteiger charge is 2.18. The third-order valence-corrected chi connectivity index (χ3v) is 5.55. The molecule has 0 saturated heterocycles. The normalized spacial score (nSPS) is 11.1. The number of carbonyl (C=O) groups excluding carboxylic acids is 1. The number of hydrazine groups is 1. The number of aryl methyl sites for hydroxylation is 1. The fourth-order valence-electron chi connectivity index (χ4n) is 3.75. The Morgan fingerprint density at radius 1 is 1.12 bits per heavy atom. The van der Waals surface area contributed by atoms with Crippen molar-refractivity contribution in [2.24, 2.45) is 5.84 Å². The van der Waals surface area contributed by atoms with Crippen molar-refractivity contribution in [2.45, 2.75) is 39.0 Å². The number of nitrogens with two attached hydrogens (primary N) is 2. The fraction of sp³-hybridized carbons (Fsp3) is 0.333. The third kappa shape index (κ3) is 5.01. The van der Waals surface area contributed by atoms with Crippen molar-refractivity contribution >= 4 is 39.5 Å². The molecule has 0 aliphatic rings. The van der Waals surface area contributed by atoms with Gasteiger partial charge in [0.05, 0.1) is 11.1 Å². The van der Waals surface area contributed by atoms with Crippen molar-refractivity contribution < 1.29 is 9.63 Å². The Morgan fingerprint density at radius 2 is 1.97 bits per heavy atom. The van der Waals surface area contributed by atoms with Gasteiger partial charge in [0.15, 0.2) is 5.82 Å². The summed E-state index contributed by atoms with van der Waals surface area (Å²) in [5, 5.41) is 3.86. The lowest BCUT2D eigenvalue weighted by atomic mass is 10.2. The van der Waals surface area contributed by atoms with Crippen LogP contribution in [0.4, 0.5) is 11.6 Å². The van der Waals surface area contributed by atoms with E-state index in [1.807, 2.05) is 29.0 Å². The van der Waals surface area contributed by atoms with Crippen LogP contribution in [0.25, 0.3) is 21.9 Å². The zero-order valence-electron chi connectivity index (χ0n) is 19.3. The number of pyridine rings is 2. The van der Waals surface area contributed by atoms with Gasteiger partial charge < -0.3 is 21.3 Å². The Morgan fingerprint density at radius 3 is 2.74 bits per heavy atom. The quantitative estimate of drug-likeness (QED) is 0.151. The number of nitrogens with one attached hydrogen (secondary N) is 2. The summed E-state index contributed by atoms with van der Waals surface area (Å²) in [5.74, 6) is 6.88. The molecule has 0 radical (unpaired) electrons. The van der Waals surface area contributed by atoms with E-state index in [1.54, 1.807) is 12.1 Å². The molecule has 0 saturated carbocycles. The number of benzene rings is 1. The number of nitrogen functional groups attached to an aromatic ring is 2. The molecule has 3 heterocycles. The number of fused-ring (bicyclic) bond motifs is 3. The average Bonchev–Trinajstić information content (AvgIpc) is 3.24. The maximum absolute atomic E-state index is 12.2. The molecule has 0 bridgehead atoms. The van der Waals surface area contributed by atoms with E-state index in [2.05, 4.69) is 27.6 Å². The van der Waals surface area contributed by atoms with Crippen LogP contribution in [0.5, 0.6) is 0 Å². The Bertz CT molecular complexity index is 1270. The number of amides is 1. The Hall–Kier alpha value is -3.92. The number of rotatable bonds is 11. The third-order valence-electron chi connectivity index (χ3n) is 5.55. The predicted molar refractivity (Wildman–Crippen MR) is 133 cm³/mol. The molecule has 0 unspecified atom stereocenters. The largest absolute Gasteiger partial charge is 0.412 e. The van der Waals surface area contributed by atoms with Crippen LogP contribution in [-0.4, -0.2) is 38.7 Å². The monoisotopic (exact) mass is 462 g/mol. The van der Waals surface area contributed by atoms with E-state index in [0.29, 0.717) is 35.9 Å². The first kappa shape index (κ1) is 23.2. The highest BCUT2D eigenvalue weighted by Crippen LogP contribution is 2.28. The van der Waals surface area contributed by atoms with E-state index >= 15 is 0 Å². The van der Waals surface area contributed by atoms with Gasteiger partial charge in [-0.3, -0.25) is 4.79 Å². The summed E-state index contributed by atoms with van der Waals surface area (Å²) >= 11 is 0. The maximum atomic E-state index is 12.2. The van der Waals surface area contributed by atoms with Gasteiger partial charge in [0.1, 0.15) is 29.3 Å². The Labute approximate surface area is 197 Å². The van der Waals surface area contributed by atoms with Crippen molar-refractivity contribution in [2.75, 3.05) is 24.3 Å². The van der Waals surface area contributed by atoms with Crippen LogP contribution in [0, 0.1) is 0 Å². The van der Waals surface area contributed by atoms with Gasteiger partial charge in [0.2, 0.25) is 0 Å². The van der Waals surface area contributed by atoms with E-state index in [0.717, 1.165) is 54.3 Å². The molecule has 178 valence electrons. The lowest BCUT2D eigenvalue weighted by Crippen LogP contribution is -2.25. The summed E-state index contributed by atoms with van der Waals surface area (Å²) in [6.07, 6.45) is 5.87. The number of anilines is 2. The first-order valence-corrected chi connectivity index (χ1v) is 11.5. The Kier molecular flexibility index (Phi) is 7.38. The SMILES string of the molecule is CCCCc1nc2c(N)nc3ccccc3c2n1OCCCCNC(=O)c1ccc(NN)nc1. The smallest absolute Gasteiger partial charge is 0.252 e. The minimum Gasteiger partial charge on any atom is -0.412 e. The number of hydrogen-bond acceptors (Lipinski definition) is 8. The first-order valence-electron chi connectivity index (χ1n) is 11.5. The van der Waals surface area contributed by atoms with Crippen LogP contribution in [0.2, 0.25) is 0 Å². The molecule has 1 amide bonds. The zero-order chi connectivity index (χ0) is 23.9. The van der Waals surface area contributed by atoms with Crippen LogP contribution in [-0.2, 0) is 6.42 Å². The van der Waals surface area contributed by atoms with E-state index < -0.39 is 0 Å². The average molecular weight is 463 g/mol. The van der Waals surface area contributed by atoms with Crippen LogP contribution in [0.15, 0.2) is 42.6 Å². The number of imidazole rings is 1. The molecule has 34 heavy (non-hydrogen) atoms. The van der Waals surface area contributed by atoms with Gasteiger partial charge in [-0.15, -0.1) is 0 Å².